The molecule has 0 amide bonds. The zero-order valence-corrected chi connectivity index (χ0v) is 32.1. The second kappa shape index (κ2) is 12.9. The van der Waals surface area contributed by atoms with Gasteiger partial charge in [0.05, 0.1) is 23.8 Å². The Morgan fingerprint density at radius 1 is 0.339 bits per heavy atom. The van der Waals surface area contributed by atoms with Gasteiger partial charge in [-0.1, -0.05) is 113 Å². The number of aromatic nitrogens is 2. The SMILES string of the molecule is CC1(C)c2ccccc2-c2ccc(N(c3ccc(-c4ccc(N(c5cccnc5)c5ccc6c(c5)C(C)(C)c5ccccc5-6)cc4)cc3)c3cccnc3)cc21. The molecule has 2 aliphatic rings. The van der Waals surface area contributed by atoms with Crippen LogP contribution in [0.15, 0.2) is 183 Å². The molecule has 6 aromatic carbocycles. The lowest BCUT2D eigenvalue weighted by Crippen LogP contribution is -2.16. The van der Waals surface area contributed by atoms with Crippen LogP contribution in [0.4, 0.5) is 34.1 Å². The predicted octanol–water partition coefficient (Wildman–Crippen LogP) is 13.7. The lowest BCUT2D eigenvalue weighted by molar-refractivity contribution is 0.660. The molecule has 0 bridgehead atoms. The van der Waals surface area contributed by atoms with E-state index in [4.69, 9.17) is 0 Å². The molecular formula is C52H42N4. The molecule has 0 fully saturated rings. The number of hydrogen-bond donors (Lipinski definition) is 0. The van der Waals surface area contributed by atoms with E-state index in [2.05, 4.69) is 193 Å². The van der Waals surface area contributed by atoms with Crippen LogP contribution >= 0.6 is 0 Å². The first-order chi connectivity index (χ1) is 27.3. The van der Waals surface area contributed by atoms with Gasteiger partial charge < -0.3 is 9.80 Å². The Bertz CT molecular complexity index is 2540. The monoisotopic (exact) mass is 722 g/mol. The van der Waals surface area contributed by atoms with Crippen LogP contribution in [0.3, 0.4) is 0 Å². The Labute approximate surface area is 329 Å². The molecule has 0 saturated heterocycles. The molecule has 2 aromatic heterocycles. The summed E-state index contributed by atoms with van der Waals surface area (Å²) in [4.78, 5) is 13.6. The van der Waals surface area contributed by atoms with Gasteiger partial charge >= 0.3 is 0 Å². The van der Waals surface area contributed by atoms with Gasteiger partial charge in [-0.15, -0.1) is 0 Å². The van der Waals surface area contributed by atoms with Crippen LogP contribution in [0, 0.1) is 0 Å². The van der Waals surface area contributed by atoms with Crippen LogP contribution < -0.4 is 9.80 Å². The van der Waals surface area contributed by atoms with Crippen molar-refractivity contribution in [1.29, 1.82) is 0 Å². The fraction of sp³-hybridized carbons (Fsp3) is 0.115. The van der Waals surface area contributed by atoms with Gasteiger partial charge in [-0.25, -0.2) is 0 Å². The van der Waals surface area contributed by atoms with Crippen molar-refractivity contribution in [2.45, 2.75) is 38.5 Å². The van der Waals surface area contributed by atoms with Gasteiger partial charge in [-0.05, 0) is 128 Å². The lowest BCUT2D eigenvalue weighted by atomic mass is 9.82. The van der Waals surface area contributed by atoms with Crippen molar-refractivity contribution in [2.24, 2.45) is 0 Å². The fourth-order valence-corrected chi connectivity index (χ4v) is 9.14. The first kappa shape index (κ1) is 33.8. The minimum Gasteiger partial charge on any atom is -0.309 e. The smallest absolute Gasteiger partial charge is 0.0644 e. The highest BCUT2D eigenvalue weighted by molar-refractivity contribution is 5.87. The summed E-state index contributed by atoms with van der Waals surface area (Å²) in [5, 5.41) is 0. The summed E-state index contributed by atoms with van der Waals surface area (Å²) in [6.07, 6.45) is 7.54. The topological polar surface area (TPSA) is 32.3 Å². The van der Waals surface area contributed by atoms with Gasteiger partial charge in [0.1, 0.15) is 0 Å². The van der Waals surface area contributed by atoms with Crippen molar-refractivity contribution in [3.8, 4) is 33.4 Å². The minimum absolute atomic E-state index is 0.0891. The molecule has 56 heavy (non-hydrogen) atoms. The van der Waals surface area contributed by atoms with Crippen LogP contribution in [0.2, 0.25) is 0 Å². The zero-order valence-electron chi connectivity index (χ0n) is 32.1. The van der Waals surface area contributed by atoms with Crippen LogP contribution in [-0.2, 0) is 10.8 Å². The molecule has 0 aliphatic heterocycles. The molecule has 270 valence electrons. The molecule has 0 saturated carbocycles. The maximum atomic E-state index is 4.51. The van der Waals surface area contributed by atoms with Gasteiger partial charge in [0, 0.05) is 46.0 Å². The fourth-order valence-electron chi connectivity index (χ4n) is 9.14. The number of benzene rings is 6. The second-order valence-corrected chi connectivity index (χ2v) is 16.0. The van der Waals surface area contributed by atoms with E-state index >= 15 is 0 Å². The molecule has 0 radical (unpaired) electrons. The Morgan fingerprint density at radius 3 is 1.11 bits per heavy atom. The number of hydrogen-bond acceptors (Lipinski definition) is 4. The van der Waals surface area contributed by atoms with Gasteiger partial charge in [0.15, 0.2) is 0 Å². The van der Waals surface area contributed by atoms with E-state index in [1.54, 1.807) is 0 Å². The van der Waals surface area contributed by atoms with Crippen LogP contribution in [-0.4, -0.2) is 9.97 Å². The highest BCUT2D eigenvalue weighted by Gasteiger charge is 2.37. The molecule has 2 heterocycles. The summed E-state index contributed by atoms with van der Waals surface area (Å²) in [5.41, 5.74) is 19.3. The van der Waals surface area contributed by atoms with Gasteiger partial charge in [0.2, 0.25) is 0 Å². The standard InChI is InChI=1S/C52H42N4/c1-51(2)47-15-7-5-13-43(47)45-27-25-39(31-49(45)51)55(41-11-9-29-53-33-41)37-21-17-35(18-22-37)36-19-23-38(24-20-36)56(42-12-10-30-54-34-42)40-26-28-46-44-14-6-8-16-48(44)52(3,4)50(46)32-40/h5-34H,1-4H3. The van der Waals surface area contributed by atoms with E-state index in [1.165, 1.54) is 44.5 Å². The van der Waals surface area contributed by atoms with E-state index in [9.17, 15) is 0 Å². The second-order valence-electron chi connectivity index (χ2n) is 16.0. The predicted molar refractivity (Wildman–Crippen MR) is 232 cm³/mol. The number of rotatable bonds is 7. The lowest BCUT2D eigenvalue weighted by Gasteiger charge is -2.28. The molecule has 10 rings (SSSR count). The first-order valence-corrected chi connectivity index (χ1v) is 19.4. The number of fused-ring (bicyclic) bond motifs is 6. The maximum absolute atomic E-state index is 4.51. The summed E-state index contributed by atoms with van der Waals surface area (Å²) < 4.78 is 0. The average molecular weight is 723 g/mol. The van der Waals surface area contributed by atoms with Gasteiger partial charge in [0.25, 0.3) is 0 Å². The van der Waals surface area contributed by atoms with E-state index < -0.39 is 0 Å². The number of anilines is 6. The Kier molecular flexibility index (Phi) is 7.79. The normalized spacial score (nSPS) is 14.0. The number of nitrogens with zero attached hydrogens (tertiary/aromatic N) is 4. The third kappa shape index (κ3) is 5.36. The van der Waals surface area contributed by atoms with Gasteiger partial charge in [-0.3, -0.25) is 9.97 Å². The largest absolute Gasteiger partial charge is 0.309 e. The summed E-state index contributed by atoms with van der Waals surface area (Å²) >= 11 is 0. The summed E-state index contributed by atoms with van der Waals surface area (Å²) in [6, 6.07) is 57.4. The molecule has 0 N–H and O–H groups in total. The van der Waals surface area contributed by atoms with Crippen LogP contribution in [0.5, 0.6) is 0 Å². The van der Waals surface area contributed by atoms with E-state index in [-0.39, 0.29) is 10.8 Å². The molecule has 8 aromatic rings. The Morgan fingerprint density at radius 2 is 0.714 bits per heavy atom. The Balaban J connectivity index is 0.983. The van der Waals surface area contributed by atoms with E-state index in [1.807, 2.05) is 36.9 Å². The van der Waals surface area contributed by atoms with Gasteiger partial charge in [-0.2, -0.15) is 0 Å². The zero-order chi connectivity index (χ0) is 38.0. The quantitative estimate of drug-likeness (QED) is 0.164. The number of pyridine rings is 2. The van der Waals surface area contributed by atoms with Crippen molar-refractivity contribution in [2.75, 3.05) is 9.80 Å². The Hall–Kier alpha value is -6.78. The highest BCUT2D eigenvalue weighted by atomic mass is 15.2. The van der Waals surface area contributed by atoms with Crippen LogP contribution in [0.25, 0.3) is 33.4 Å². The van der Waals surface area contributed by atoms with E-state index in [0.717, 1.165) is 45.3 Å². The van der Waals surface area contributed by atoms with Crippen molar-refractivity contribution >= 4 is 34.1 Å². The van der Waals surface area contributed by atoms with Crippen LogP contribution in [0.1, 0.15) is 49.9 Å². The minimum atomic E-state index is -0.0891. The molecule has 4 nitrogen and oxygen atoms in total. The average Bonchev–Trinajstić information content (AvgIpc) is 3.61. The molecular weight excluding hydrogens is 681 g/mol. The molecule has 0 spiro atoms. The maximum Gasteiger partial charge on any atom is 0.0644 e. The van der Waals surface area contributed by atoms with Crippen molar-refractivity contribution in [3.63, 3.8) is 0 Å². The van der Waals surface area contributed by atoms with E-state index in [0.29, 0.717) is 0 Å². The summed E-state index contributed by atoms with van der Waals surface area (Å²) in [7, 11) is 0. The third-order valence-electron chi connectivity index (χ3n) is 12.0. The molecule has 4 heteroatoms. The summed E-state index contributed by atoms with van der Waals surface area (Å²) in [5.74, 6) is 0. The van der Waals surface area contributed by atoms with Crippen molar-refractivity contribution < 1.29 is 0 Å². The molecule has 0 unspecified atom stereocenters. The van der Waals surface area contributed by atoms with Crippen molar-refractivity contribution in [3.05, 3.63) is 205 Å². The third-order valence-corrected chi connectivity index (χ3v) is 12.0. The first-order valence-electron chi connectivity index (χ1n) is 19.4. The molecule has 2 aliphatic carbocycles. The summed E-state index contributed by atoms with van der Waals surface area (Å²) in [6.45, 7) is 9.32. The highest BCUT2D eigenvalue weighted by Crippen LogP contribution is 2.52. The van der Waals surface area contributed by atoms with Crippen molar-refractivity contribution in [1.82, 2.24) is 9.97 Å². The molecule has 0 atom stereocenters.